The monoisotopic (exact) mass is 343 g/mol. The van der Waals surface area contributed by atoms with Gasteiger partial charge < -0.3 is 13.7 Å². The number of rotatable bonds is 5. The molecule has 0 aliphatic rings. The number of aromatic nitrogens is 2. The lowest BCUT2D eigenvalue weighted by Crippen LogP contribution is -2.29. The Kier molecular flexibility index (Phi) is 4.35. The van der Waals surface area contributed by atoms with E-state index < -0.39 is 0 Å². The first-order chi connectivity index (χ1) is 12.8. The lowest BCUT2D eigenvalue weighted by atomic mass is 10.2. The average Bonchev–Trinajstić information content (AvgIpc) is 3.35. The number of fused-ring (bicyclic) bond motifs is 1. The standard InChI is InChI=1S/C21H17N3O2/c25-21(12-11-19-9-6-14-26-19)24(17-7-2-1-3-8-17)16-18-15-22-20-10-4-5-13-23(18)20/h1-15H,16H2. The number of furan rings is 1. The number of amides is 1. The van der Waals surface area contributed by atoms with Crippen LogP contribution in [0.15, 0.2) is 89.8 Å². The molecule has 0 unspecified atom stereocenters. The normalized spacial score (nSPS) is 11.2. The summed E-state index contributed by atoms with van der Waals surface area (Å²) in [6.07, 6.45) is 8.53. The molecule has 3 heterocycles. The molecule has 1 amide bonds. The van der Waals surface area contributed by atoms with E-state index in [4.69, 9.17) is 4.42 Å². The van der Waals surface area contributed by atoms with Gasteiger partial charge in [-0.05, 0) is 42.5 Å². The summed E-state index contributed by atoms with van der Waals surface area (Å²) >= 11 is 0. The van der Waals surface area contributed by atoms with E-state index in [1.165, 1.54) is 6.08 Å². The fourth-order valence-electron chi connectivity index (χ4n) is 2.80. The van der Waals surface area contributed by atoms with E-state index in [2.05, 4.69) is 4.98 Å². The molecule has 128 valence electrons. The third-order valence-corrected chi connectivity index (χ3v) is 4.08. The molecule has 0 aliphatic heterocycles. The van der Waals surface area contributed by atoms with Gasteiger partial charge in [0.25, 0.3) is 5.91 Å². The van der Waals surface area contributed by atoms with Crippen molar-refractivity contribution in [3.05, 3.63) is 96.9 Å². The average molecular weight is 343 g/mol. The molecule has 5 nitrogen and oxygen atoms in total. The van der Waals surface area contributed by atoms with Crippen LogP contribution >= 0.6 is 0 Å². The van der Waals surface area contributed by atoms with Gasteiger partial charge in [-0.25, -0.2) is 4.98 Å². The maximum atomic E-state index is 12.9. The highest BCUT2D eigenvalue weighted by Crippen LogP contribution is 2.19. The van der Waals surface area contributed by atoms with Crippen LogP contribution < -0.4 is 4.90 Å². The van der Waals surface area contributed by atoms with Crippen molar-refractivity contribution in [2.45, 2.75) is 6.54 Å². The van der Waals surface area contributed by atoms with Crippen LogP contribution in [0, 0.1) is 0 Å². The molecule has 0 saturated heterocycles. The third kappa shape index (κ3) is 3.28. The van der Waals surface area contributed by atoms with Crippen molar-refractivity contribution in [2.75, 3.05) is 4.90 Å². The molecule has 0 atom stereocenters. The number of benzene rings is 1. The van der Waals surface area contributed by atoms with Gasteiger partial charge in [0.15, 0.2) is 0 Å². The van der Waals surface area contributed by atoms with E-state index in [9.17, 15) is 4.79 Å². The number of pyridine rings is 1. The van der Waals surface area contributed by atoms with E-state index in [-0.39, 0.29) is 5.91 Å². The van der Waals surface area contributed by atoms with E-state index >= 15 is 0 Å². The zero-order valence-electron chi connectivity index (χ0n) is 14.0. The van der Waals surface area contributed by atoms with Crippen LogP contribution in [0.4, 0.5) is 5.69 Å². The van der Waals surface area contributed by atoms with Crippen LogP contribution in [-0.2, 0) is 11.3 Å². The maximum absolute atomic E-state index is 12.9. The van der Waals surface area contributed by atoms with Crippen molar-refractivity contribution in [1.82, 2.24) is 9.38 Å². The number of imidazole rings is 1. The Hall–Kier alpha value is -3.60. The second-order valence-corrected chi connectivity index (χ2v) is 5.79. The fourth-order valence-corrected chi connectivity index (χ4v) is 2.80. The molecule has 0 N–H and O–H groups in total. The topological polar surface area (TPSA) is 50.8 Å². The van der Waals surface area contributed by atoms with Gasteiger partial charge in [-0.2, -0.15) is 0 Å². The molecule has 0 radical (unpaired) electrons. The molecule has 0 fully saturated rings. The van der Waals surface area contributed by atoms with Gasteiger partial charge in [0.1, 0.15) is 11.4 Å². The van der Waals surface area contributed by atoms with Crippen molar-refractivity contribution < 1.29 is 9.21 Å². The van der Waals surface area contributed by atoms with Crippen LogP contribution in [0.25, 0.3) is 11.7 Å². The predicted molar refractivity (Wildman–Crippen MR) is 101 cm³/mol. The molecular weight excluding hydrogens is 326 g/mol. The highest BCUT2D eigenvalue weighted by atomic mass is 16.3. The lowest BCUT2D eigenvalue weighted by Gasteiger charge is -2.21. The lowest BCUT2D eigenvalue weighted by molar-refractivity contribution is -0.114. The highest BCUT2D eigenvalue weighted by Gasteiger charge is 2.16. The predicted octanol–water partition coefficient (Wildman–Crippen LogP) is 4.17. The molecule has 3 aromatic heterocycles. The fraction of sp³-hybridized carbons (Fsp3) is 0.0476. The number of carbonyl (C=O) groups is 1. The van der Waals surface area contributed by atoms with E-state index in [0.29, 0.717) is 12.3 Å². The molecule has 0 bridgehead atoms. The quantitative estimate of drug-likeness (QED) is 0.511. The first-order valence-corrected chi connectivity index (χ1v) is 8.30. The first-order valence-electron chi connectivity index (χ1n) is 8.30. The minimum Gasteiger partial charge on any atom is -0.465 e. The number of carbonyl (C=O) groups excluding carboxylic acids is 1. The van der Waals surface area contributed by atoms with Crippen LogP contribution in [0.5, 0.6) is 0 Å². The van der Waals surface area contributed by atoms with Crippen molar-refractivity contribution in [2.24, 2.45) is 0 Å². The molecule has 0 saturated carbocycles. The van der Waals surface area contributed by atoms with Crippen molar-refractivity contribution in [1.29, 1.82) is 0 Å². The summed E-state index contributed by atoms with van der Waals surface area (Å²) in [4.78, 5) is 19.0. The highest BCUT2D eigenvalue weighted by molar-refractivity contribution is 6.03. The third-order valence-electron chi connectivity index (χ3n) is 4.08. The van der Waals surface area contributed by atoms with Crippen LogP contribution in [-0.4, -0.2) is 15.3 Å². The number of para-hydroxylation sites is 1. The van der Waals surface area contributed by atoms with Gasteiger partial charge in [0, 0.05) is 18.0 Å². The summed E-state index contributed by atoms with van der Waals surface area (Å²) in [5, 5.41) is 0. The Morgan fingerprint density at radius 2 is 1.92 bits per heavy atom. The molecule has 5 heteroatoms. The summed E-state index contributed by atoms with van der Waals surface area (Å²) in [7, 11) is 0. The Labute approximate surface area is 150 Å². The molecule has 1 aromatic carbocycles. The Morgan fingerprint density at radius 3 is 2.73 bits per heavy atom. The van der Waals surface area contributed by atoms with Gasteiger partial charge in [0.2, 0.25) is 0 Å². The second-order valence-electron chi connectivity index (χ2n) is 5.79. The van der Waals surface area contributed by atoms with Crippen LogP contribution in [0.2, 0.25) is 0 Å². The van der Waals surface area contributed by atoms with Gasteiger partial charge >= 0.3 is 0 Å². The Balaban J connectivity index is 1.66. The SMILES string of the molecule is O=C(C=Cc1ccco1)N(Cc1cnc2ccccn12)c1ccccc1. The van der Waals surface area contributed by atoms with Crippen LogP contribution in [0.1, 0.15) is 11.5 Å². The molecule has 26 heavy (non-hydrogen) atoms. The van der Waals surface area contributed by atoms with Gasteiger partial charge in [-0.3, -0.25) is 4.79 Å². The Morgan fingerprint density at radius 1 is 1.08 bits per heavy atom. The Bertz CT molecular complexity index is 1030. The van der Waals surface area contributed by atoms with Gasteiger partial charge in [-0.1, -0.05) is 24.3 Å². The summed E-state index contributed by atoms with van der Waals surface area (Å²) in [6, 6.07) is 19.0. The van der Waals surface area contributed by atoms with Crippen molar-refractivity contribution in [3.8, 4) is 0 Å². The zero-order valence-corrected chi connectivity index (χ0v) is 14.0. The number of nitrogens with zero attached hydrogens (tertiary/aromatic N) is 3. The first kappa shape index (κ1) is 15.9. The molecule has 0 aliphatic carbocycles. The summed E-state index contributed by atoms with van der Waals surface area (Å²) in [5.41, 5.74) is 2.62. The second kappa shape index (κ2) is 7.11. The summed E-state index contributed by atoms with van der Waals surface area (Å²) < 4.78 is 7.25. The van der Waals surface area contributed by atoms with Crippen molar-refractivity contribution in [3.63, 3.8) is 0 Å². The maximum Gasteiger partial charge on any atom is 0.251 e. The molecule has 4 aromatic rings. The number of hydrogen-bond donors (Lipinski definition) is 0. The van der Waals surface area contributed by atoms with E-state index in [1.807, 2.05) is 59.1 Å². The molecular formula is C21H17N3O2. The smallest absolute Gasteiger partial charge is 0.251 e. The number of hydrogen-bond acceptors (Lipinski definition) is 3. The van der Waals surface area contributed by atoms with Gasteiger partial charge in [-0.15, -0.1) is 0 Å². The largest absolute Gasteiger partial charge is 0.465 e. The van der Waals surface area contributed by atoms with E-state index in [0.717, 1.165) is 17.0 Å². The molecule has 4 rings (SSSR count). The van der Waals surface area contributed by atoms with Gasteiger partial charge in [0.05, 0.1) is 24.7 Å². The zero-order chi connectivity index (χ0) is 17.8. The van der Waals surface area contributed by atoms with E-state index in [1.54, 1.807) is 35.6 Å². The minimum absolute atomic E-state index is 0.126. The summed E-state index contributed by atoms with van der Waals surface area (Å²) in [6.45, 7) is 0.413. The van der Waals surface area contributed by atoms with Crippen LogP contribution in [0.3, 0.4) is 0 Å². The minimum atomic E-state index is -0.126. The summed E-state index contributed by atoms with van der Waals surface area (Å²) in [5.74, 6) is 0.514. The molecule has 0 spiro atoms. The number of anilines is 1. The van der Waals surface area contributed by atoms with Crippen molar-refractivity contribution >= 4 is 23.3 Å².